The van der Waals surface area contributed by atoms with E-state index in [1.807, 2.05) is 6.92 Å². The van der Waals surface area contributed by atoms with Crippen LogP contribution >= 0.6 is 0 Å². The highest BCUT2D eigenvalue weighted by Crippen LogP contribution is 2.24. The summed E-state index contributed by atoms with van der Waals surface area (Å²) in [7, 11) is 0. The summed E-state index contributed by atoms with van der Waals surface area (Å²) in [5.41, 5.74) is 6.23. The average Bonchev–Trinajstić information content (AvgIpc) is 2.79. The van der Waals surface area contributed by atoms with Crippen LogP contribution in [0.25, 0.3) is 0 Å². The maximum Gasteiger partial charge on any atom is 0.253 e. The first-order valence-corrected chi connectivity index (χ1v) is 11.0. The molecule has 1 fully saturated rings. The molecule has 1 atom stereocenters. The zero-order chi connectivity index (χ0) is 23.3. The Bertz CT molecular complexity index is 946. The Kier molecular flexibility index (Phi) is 7.51. The first-order chi connectivity index (χ1) is 15.2. The molecular weight excluding hydrogens is 406 g/mol. The van der Waals surface area contributed by atoms with Gasteiger partial charge in [0.25, 0.3) is 5.91 Å². The number of hydrogen-bond donors (Lipinski definition) is 2. The summed E-state index contributed by atoms with van der Waals surface area (Å²) in [6, 6.07) is 13.6. The Labute approximate surface area is 188 Å². The van der Waals surface area contributed by atoms with Crippen molar-refractivity contribution in [1.29, 1.82) is 0 Å². The van der Waals surface area contributed by atoms with Gasteiger partial charge in [-0.2, -0.15) is 0 Å². The lowest BCUT2D eigenvalue weighted by atomic mass is 9.94. The second-order valence-electron chi connectivity index (χ2n) is 8.62. The number of piperidine rings is 1. The van der Waals surface area contributed by atoms with E-state index in [0.29, 0.717) is 54.5 Å². The smallest absolute Gasteiger partial charge is 0.253 e. The van der Waals surface area contributed by atoms with E-state index in [-0.39, 0.29) is 23.8 Å². The van der Waals surface area contributed by atoms with Gasteiger partial charge in [-0.1, -0.05) is 13.8 Å². The molecule has 3 N–H and O–H groups in total. The van der Waals surface area contributed by atoms with Gasteiger partial charge in [0.2, 0.25) is 11.8 Å². The van der Waals surface area contributed by atoms with Gasteiger partial charge in [0.05, 0.1) is 0 Å². The van der Waals surface area contributed by atoms with Gasteiger partial charge < -0.3 is 20.7 Å². The van der Waals surface area contributed by atoms with Crippen molar-refractivity contribution in [3.63, 3.8) is 0 Å². The number of rotatable bonds is 7. The summed E-state index contributed by atoms with van der Waals surface area (Å²) >= 11 is 0. The number of ether oxygens (including phenoxy) is 1. The number of nitrogens with two attached hydrogens (primary N) is 1. The van der Waals surface area contributed by atoms with E-state index >= 15 is 0 Å². The monoisotopic (exact) mass is 437 g/mol. The van der Waals surface area contributed by atoms with Gasteiger partial charge in [0, 0.05) is 36.2 Å². The van der Waals surface area contributed by atoms with E-state index in [9.17, 15) is 14.4 Å². The highest BCUT2D eigenvalue weighted by Gasteiger charge is 2.28. The molecule has 32 heavy (non-hydrogen) atoms. The molecule has 0 bridgehead atoms. The Morgan fingerprint density at radius 2 is 1.41 bits per heavy atom. The maximum atomic E-state index is 12.9. The lowest BCUT2D eigenvalue weighted by Gasteiger charge is -2.32. The molecule has 0 aliphatic carbocycles. The quantitative estimate of drug-likeness (QED) is 0.691. The summed E-state index contributed by atoms with van der Waals surface area (Å²) in [6.45, 7) is 7.32. The molecule has 170 valence electrons. The molecule has 7 nitrogen and oxygen atoms in total. The maximum absolute atomic E-state index is 12.9. The summed E-state index contributed by atoms with van der Waals surface area (Å²) in [4.78, 5) is 38.2. The van der Waals surface area contributed by atoms with Gasteiger partial charge in [-0.25, -0.2) is 0 Å². The first-order valence-electron chi connectivity index (χ1n) is 11.0. The molecule has 0 aromatic heterocycles. The van der Waals surface area contributed by atoms with Crippen molar-refractivity contribution in [3.8, 4) is 11.5 Å². The number of hydrogen-bond acceptors (Lipinski definition) is 4. The number of amides is 3. The van der Waals surface area contributed by atoms with Gasteiger partial charge in [-0.15, -0.1) is 0 Å². The largest absolute Gasteiger partial charge is 0.457 e. The van der Waals surface area contributed by atoms with Crippen LogP contribution in [0, 0.1) is 11.8 Å². The molecule has 1 aliphatic rings. The lowest BCUT2D eigenvalue weighted by Crippen LogP contribution is -2.45. The van der Waals surface area contributed by atoms with Crippen molar-refractivity contribution < 1.29 is 19.1 Å². The number of carbonyl (C=O) groups excluding carboxylic acids is 3. The molecule has 3 amide bonds. The van der Waals surface area contributed by atoms with Crippen LogP contribution in [0.3, 0.4) is 0 Å². The van der Waals surface area contributed by atoms with Crippen LogP contribution in [0.2, 0.25) is 0 Å². The van der Waals surface area contributed by atoms with Gasteiger partial charge in [-0.05, 0) is 74.2 Å². The molecule has 3 rings (SSSR count). The molecule has 1 heterocycles. The summed E-state index contributed by atoms with van der Waals surface area (Å²) in [5.74, 6) is 1.05. The minimum atomic E-state index is -0.491. The van der Waals surface area contributed by atoms with Crippen molar-refractivity contribution in [1.82, 2.24) is 10.2 Å². The molecule has 0 spiro atoms. The van der Waals surface area contributed by atoms with E-state index < -0.39 is 5.91 Å². The van der Waals surface area contributed by atoms with Crippen molar-refractivity contribution in [2.75, 3.05) is 13.1 Å². The number of carbonyl (C=O) groups is 3. The predicted molar refractivity (Wildman–Crippen MR) is 123 cm³/mol. The minimum absolute atomic E-state index is 0.0445. The molecule has 1 saturated heterocycles. The van der Waals surface area contributed by atoms with Crippen molar-refractivity contribution in [2.24, 2.45) is 17.6 Å². The summed E-state index contributed by atoms with van der Waals surface area (Å²) in [6.07, 6.45) is 1.34. The van der Waals surface area contributed by atoms with Gasteiger partial charge in [-0.3, -0.25) is 14.4 Å². The molecule has 2 aromatic rings. The van der Waals surface area contributed by atoms with Crippen LogP contribution in [-0.4, -0.2) is 41.8 Å². The fourth-order valence-electron chi connectivity index (χ4n) is 3.53. The Morgan fingerprint density at radius 1 is 0.906 bits per heavy atom. The normalized spacial score (nSPS) is 15.3. The zero-order valence-corrected chi connectivity index (χ0v) is 18.8. The Morgan fingerprint density at radius 3 is 1.88 bits per heavy atom. The van der Waals surface area contributed by atoms with Gasteiger partial charge >= 0.3 is 0 Å². The highest BCUT2D eigenvalue weighted by molar-refractivity contribution is 5.94. The second kappa shape index (κ2) is 10.3. The Balaban J connectivity index is 1.52. The molecule has 0 saturated carbocycles. The third kappa shape index (κ3) is 5.87. The fourth-order valence-corrected chi connectivity index (χ4v) is 3.53. The van der Waals surface area contributed by atoms with E-state index in [1.165, 1.54) is 0 Å². The number of primary amides is 1. The number of nitrogens with zero attached hydrogens (tertiary/aromatic N) is 1. The number of benzene rings is 2. The lowest BCUT2D eigenvalue weighted by molar-refractivity contribution is -0.127. The third-order valence-corrected chi connectivity index (χ3v) is 6.00. The summed E-state index contributed by atoms with van der Waals surface area (Å²) in [5, 5.41) is 3.08. The van der Waals surface area contributed by atoms with E-state index in [2.05, 4.69) is 19.2 Å². The first kappa shape index (κ1) is 23.3. The van der Waals surface area contributed by atoms with E-state index in [4.69, 9.17) is 10.5 Å². The SMILES string of the molecule is CC(C)C(C)NC(=O)C1CCN(C(=O)c2ccc(Oc3ccc(C(N)=O)cc3)cc2)CC1. The fraction of sp³-hybridized carbons (Fsp3) is 0.400. The van der Waals surface area contributed by atoms with Crippen LogP contribution in [0.15, 0.2) is 48.5 Å². The number of nitrogens with one attached hydrogen (secondary N) is 1. The molecule has 1 aliphatic heterocycles. The molecule has 7 heteroatoms. The Hall–Kier alpha value is -3.35. The van der Waals surface area contributed by atoms with Gasteiger partial charge in [0.15, 0.2) is 0 Å². The third-order valence-electron chi connectivity index (χ3n) is 6.00. The highest BCUT2D eigenvalue weighted by atomic mass is 16.5. The van der Waals surface area contributed by atoms with Crippen LogP contribution in [-0.2, 0) is 4.79 Å². The van der Waals surface area contributed by atoms with Crippen LogP contribution in [0.1, 0.15) is 54.3 Å². The predicted octanol–water partition coefficient (Wildman–Crippen LogP) is 3.59. The van der Waals surface area contributed by atoms with E-state index in [0.717, 1.165) is 0 Å². The molecule has 2 aromatic carbocycles. The molecule has 1 unspecified atom stereocenters. The number of likely N-dealkylation sites (tertiary alicyclic amines) is 1. The van der Waals surface area contributed by atoms with Gasteiger partial charge in [0.1, 0.15) is 11.5 Å². The van der Waals surface area contributed by atoms with Crippen molar-refractivity contribution in [3.05, 3.63) is 59.7 Å². The van der Waals surface area contributed by atoms with Crippen molar-refractivity contribution in [2.45, 2.75) is 39.7 Å². The minimum Gasteiger partial charge on any atom is -0.457 e. The van der Waals surface area contributed by atoms with Crippen LogP contribution in [0.5, 0.6) is 11.5 Å². The summed E-state index contributed by atoms with van der Waals surface area (Å²) < 4.78 is 5.76. The van der Waals surface area contributed by atoms with Crippen LogP contribution < -0.4 is 15.8 Å². The van der Waals surface area contributed by atoms with E-state index in [1.54, 1.807) is 53.4 Å². The molecule has 0 radical (unpaired) electrons. The second-order valence-corrected chi connectivity index (χ2v) is 8.62. The standard InChI is InChI=1S/C25H31N3O4/c1-16(2)17(3)27-24(30)19-12-14-28(15-13-19)25(31)20-6-10-22(11-7-20)32-21-8-4-18(5-9-21)23(26)29/h4-11,16-17,19H,12-15H2,1-3H3,(H2,26,29)(H,27,30). The average molecular weight is 438 g/mol. The van der Waals surface area contributed by atoms with Crippen molar-refractivity contribution >= 4 is 17.7 Å². The zero-order valence-electron chi connectivity index (χ0n) is 18.8. The topological polar surface area (TPSA) is 102 Å². The van der Waals surface area contributed by atoms with Crippen LogP contribution in [0.4, 0.5) is 0 Å². The molecular formula is C25H31N3O4.